The number of aliphatic carboxylic acids is 1. The second kappa shape index (κ2) is 6.93. The van der Waals surface area contributed by atoms with Crippen molar-refractivity contribution >= 4 is 12.0 Å². The van der Waals surface area contributed by atoms with Crippen LogP contribution in [-0.4, -0.2) is 51.8 Å². The smallest absolute Gasteiger partial charge is 0.325 e. The van der Waals surface area contributed by atoms with Crippen molar-refractivity contribution < 1.29 is 14.7 Å². The van der Waals surface area contributed by atoms with Gasteiger partial charge in [0.15, 0.2) is 0 Å². The lowest BCUT2D eigenvalue weighted by Crippen LogP contribution is -2.45. The molecule has 0 saturated carbocycles. The number of aryl methyl sites for hydroxylation is 2. The molecule has 0 spiro atoms. The summed E-state index contributed by atoms with van der Waals surface area (Å²) in [4.78, 5) is 23.9. The zero-order chi connectivity index (χ0) is 15.3. The van der Waals surface area contributed by atoms with Crippen molar-refractivity contribution in [3.8, 4) is 0 Å². The molecule has 3 N–H and O–H groups in total. The summed E-state index contributed by atoms with van der Waals surface area (Å²) >= 11 is 0. The molecule has 0 unspecified atom stereocenters. The van der Waals surface area contributed by atoms with E-state index in [2.05, 4.69) is 15.5 Å². The maximum Gasteiger partial charge on any atom is 0.325 e. The van der Waals surface area contributed by atoms with Crippen LogP contribution in [-0.2, 0) is 11.2 Å². The lowest BCUT2D eigenvalue weighted by Gasteiger charge is -2.19. The standard InChI is InChI=1S/C13H22N4O3/c1-8-11(9(2)16-15-8)6-5-7-17(4)13(20)14-10(3)12(18)19/h10H,5-7H2,1-4H3,(H,14,20)(H,15,16)(H,18,19)/t10-/m0/s1. The zero-order valence-corrected chi connectivity index (χ0v) is 12.4. The van der Waals surface area contributed by atoms with Crippen LogP contribution < -0.4 is 5.32 Å². The molecule has 1 atom stereocenters. The fourth-order valence-electron chi connectivity index (χ4n) is 1.89. The molecule has 7 nitrogen and oxygen atoms in total. The van der Waals surface area contributed by atoms with Crippen molar-refractivity contribution in [1.82, 2.24) is 20.4 Å². The summed E-state index contributed by atoms with van der Waals surface area (Å²) in [7, 11) is 1.65. The highest BCUT2D eigenvalue weighted by molar-refractivity contribution is 5.82. The average Bonchev–Trinajstić information content (AvgIpc) is 2.69. The number of carboxylic acids is 1. The number of hydrogen-bond acceptors (Lipinski definition) is 3. The number of nitrogens with one attached hydrogen (secondary N) is 2. The van der Waals surface area contributed by atoms with Gasteiger partial charge in [0.1, 0.15) is 6.04 Å². The van der Waals surface area contributed by atoms with E-state index in [4.69, 9.17) is 5.11 Å². The van der Waals surface area contributed by atoms with Gasteiger partial charge in [0.25, 0.3) is 0 Å². The number of aromatic nitrogens is 2. The van der Waals surface area contributed by atoms with Crippen LogP contribution in [0.1, 0.15) is 30.3 Å². The van der Waals surface area contributed by atoms with Gasteiger partial charge in [-0.05, 0) is 39.2 Å². The van der Waals surface area contributed by atoms with Gasteiger partial charge in [0.2, 0.25) is 0 Å². The fourth-order valence-corrected chi connectivity index (χ4v) is 1.89. The van der Waals surface area contributed by atoms with Crippen LogP contribution in [0.15, 0.2) is 0 Å². The molecule has 112 valence electrons. The molecule has 0 aliphatic rings. The van der Waals surface area contributed by atoms with Crippen LogP contribution >= 0.6 is 0 Å². The van der Waals surface area contributed by atoms with E-state index in [1.807, 2.05) is 13.8 Å². The van der Waals surface area contributed by atoms with Gasteiger partial charge < -0.3 is 15.3 Å². The number of carbonyl (C=O) groups is 2. The topological polar surface area (TPSA) is 98.3 Å². The number of aromatic amines is 1. The molecule has 2 amide bonds. The molecule has 20 heavy (non-hydrogen) atoms. The first-order chi connectivity index (χ1) is 9.32. The van der Waals surface area contributed by atoms with Gasteiger partial charge in [-0.15, -0.1) is 0 Å². The molecular formula is C13H22N4O3. The van der Waals surface area contributed by atoms with E-state index >= 15 is 0 Å². The first-order valence-electron chi connectivity index (χ1n) is 6.57. The van der Waals surface area contributed by atoms with Crippen LogP contribution in [0.2, 0.25) is 0 Å². The monoisotopic (exact) mass is 282 g/mol. The van der Waals surface area contributed by atoms with E-state index < -0.39 is 12.0 Å². The van der Waals surface area contributed by atoms with E-state index in [1.165, 1.54) is 17.4 Å². The number of nitrogens with zero attached hydrogens (tertiary/aromatic N) is 2. The summed E-state index contributed by atoms with van der Waals surface area (Å²) in [6.45, 7) is 5.92. The number of hydrogen-bond donors (Lipinski definition) is 3. The van der Waals surface area contributed by atoms with Crippen molar-refractivity contribution in [2.24, 2.45) is 0 Å². The lowest BCUT2D eigenvalue weighted by atomic mass is 10.1. The summed E-state index contributed by atoms with van der Waals surface area (Å²) in [5, 5.41) is 18.2. The Kier molecular flexibility index (Phi) is 5.54. The highest BCUT2D eigenvalue weighted by Crippen LogP contribution is 2.11. The first kappa shape index (κ1) is 16.0. The van der Waals surface area contributed by atoms with E-state index in [-0.39, 0.29) is 6.03 Å². The molecule has 1 aromatic heterocycles. The summed E-state index contributed by atoms with van der Waals surface area (Å²) < 4.78 is 0. The van der Waals surface area contributed by atoms with E-state index in [0.29, 0.717) is 6.54 Å². The zero-order valence-electron chi connectivity index (χ0n) is 12.4. The minimum absolute atomic E-state index is 0.375. The Hall–Kier alpha value is -2.05. The number of rotatable bonds is 6. The predicted octanol–water partition coefficient (Wildman–Crippen LogP) is 1.07. The number of urea groups is 1. The molecule has 0 radical (unpaired) electrons. The number of H-pyrrole nitrogens is 1. The van der Waals surface area contributed by atoms with Crippen LogP contribution in [0.5, 0.6) is 0 Å². The quantitative estimate of drug-likeness (QED) is 0.727. The van der Waals surface area contributed by atoms with Crippen molar-refractivity contribution in [1.29, 1.82) is 0 Å². The Labute approximate surface area is 118 Å². The molecule has 0 aromatic carbocycles. The molecule has 0 saturated heterocycles. The molecule has 0 aliphatic heterocycles. The minimum Gasteiger partial charge on any atom is -0.480 e. The summed E-state index contributed by atoms with van der Waals surface area (Å²) in [5.74, 6) is -1.05. The van der Waals surface area contributed by atoms with Crippen molar-refractivity contribution in [2.45, 2.75) is 39.7 Å². The highest BCUT2D eigenvalue weighted by Gasteiger charge is 2.16. The van der Waals surface area contributed by atoms with Crippen molar-refractivity contribution in [3.05, 3.63) is 17.0 Å². The van der Waals surface area contributed by atoms with Crippen molar-refractivity contribution in [2.75, 3.05) is 13.6 Å². The van der Waals surface area contributed by atoms with Crippen LogP contribution in [0, 0.1) is 13.8 Å². The van der Waals surface area contributed by atoms with Gasteiger partial charge in [-0.1, -0.05) is 0 Å². The molecule has 1 aromatic rings. The van der Waals surface area contributed by atoms with Crippen molar-refractivity contribution in [3.63, 3.8) is 0 Å². The fraction of sp³-hybridized carbons (Fsp3) is 0.615. The number of carboxylic acid groups (broad SMARTS) is 1. The Balaban J connectivity index is 2.38. The maximum atomic E-state index is 11.7. The van der Waals surface area contributed by atoms with E-state index in [9.17, 15) is 9.59 Å². The lowest BCUT2D eigenvalue weighted by molar-refractivity contribution is -0.138. The summed E-state index contributed by atoms with van der Waals surface area (Å²) in [6.07, 6.45) is 1.63. The predicted molar refractivity (Wildman–Crippen MR) is 74.6 cm³/mol. The third-order valence-corrected chi connectivity index (χ3v) is 3.26. The van der Waals surface area contributed by atoms with Gasteiger partial charge >= 0.3 is 12.0 Å². The Morgan fingerprint density at radius 1 is 1.45 bits per heavy atom. The second-order valence-corrected chi connectivity index (χ2v) is 4.95. The second-order valence-electron chi connectivity index (χ2n) is 4.95. The normalized spacial score (nSPS) is 12.0. The van der Waals surface area contributed by atoms with Gasteiger partial charge in [0, 0.05) is 19.3 Å². The Bertz CT molecular complexity index is 464. The van der Waals surface area contributed by atoms with Crippen LogP contribution in [0.3, 0.4) is 0 Å². The minimum atomic E-state index is -1.05. The Morgan fingerprint density at radius 2 is 2.10 bits per heavy atom. The van der Waals surface area contributed by atoms with Gasteiger partial charge in [-0.25, -0.2) is 4.79 Å². The van der Waals surface area contributed by atoms with Gasteiger partial charge in [-0.2, -0.15) is 5.10 Å². The van der Waals surface area contributed by atoms with Crippen LogP contribution in [0.25, 0.3) is 0 Å². The van der Waals surface area contributed by atoms with E-state index in [0.717, 1.165) is 24.2 Å². The maximum absolute atomic E-state index is 11.7. The molecule has 7 heteroatoms. The third kappa shape index (κ3) is 4.25. The summed E-state index contributed by atoms with van der Waals surface area (Å²) in [6, 6.07) is -1.26. The third-order valence-electron chi connectivity index (χ3n) is 3.26. The SMILES string of the molecule is Cc1n[nH]c(C)c1CCCN(C)C(=O)N[C@@H](C)C(=O)O. The summed E-state index contributed by atoms with van der Waals surface area (Å²) in [5.41, 5.74) is 3.21. The Morgan fingerprint density at radius 3 is 2.60 bits per heavy atom. The first-order valence-corrected chi connectivity index (χ1v) is 6.57. The molecule has 1 rings (SSSR count). The van der Waals surface area contributed by atoms with Crippen LogP contribution in [0.4, 0.5) is 4.79 Å². The van der Waals surface area contributed by atoms with Gasteiger partial charge in [0.05, 0.1) is 5.69 Å². The van der Waals surface area contributed by atoms with Gasteiger partial charge in [-0.3, -0.25) is 9.89 Å². The largest absolute Gasteiger partial charge is 0.480 e. The van der Waals surface area contributed by atoms with E-state index in [1.54, 1.807) is 7.05 Å². The number of amides is 2. The number of carbonyl (C=O) groups excluding carboxylic acids is 1. The molecule has 0 fully saturated rings. The highest BCUT2D eigenvalue weighted by atomic mass is 16.4. The molecular weight excluding hydrogens is 260 g/mol. The molecule has 0 aliphatic carbocycles. The molecule has 0 bridgehead atoms. The molecule has 1 heterocycles. The average molecular weight is 282 g/mol.